The largest absolute Gasteiger partial charge is 0.347 e. The lowest BCUT2D eigenvalue weighted by molar-refractivity contribution is -0.206. The Bertz CT molecular complexity index is 108. The first kappa shape index (κ1) is 9.59. The van der Waals surface area contributed by atoms with Crippen molar-refractivity contribution in [2.45, 2.75) is 26.1 Å². The topological polar surface area (TPSA) is 35.5 Å². The van der Waals surface area contributed by atoms with Crippen molar-refractivity contribution in [2.75, 3.05) is 14.2 Å². The molecule has 0 aliphatic rings. The van der Waals surface area contributed by atoms with Crippen molar-refractivity contribution in [1.82, 2.24) is 0 Å². The highest BCUT2D eigenvalue weighted by molar-refractivity contribution is 5.83. The first-order valence-electron chi connectivity index (χ1n) is 3.24. The van der Waals surface area contributed by atoms with Crippen LogP contribution in [0.2, 0.25) is 0 Å². The van der Waals surface area contributed by atoms with E-state index in [2.05, 4.69) is 0 Å². The first-order valence-corrected chi connectivity index (χ1v) is 3.24. The summed E-state index contributed by atoms with van der Waals surface area (Å²) in [5.74, 6) is -1.11. The van der Waals surface area contributed by atoms with E-state index in [-0.39, 0.29) is 5.78 Å². The van der Waals surface area contributed by atoms with E-state index in [1.54, 1.807) is 0 Å². The second-order valence-corrected chi connectivity index (χ2v) is 2.07. The van der Waals surface area contributed by atoms with Crippen LogP contribution in [0.4, 0.5) is 0 Å². The molecular weight excluding hydrogens is 132 g/mol. The predicted octanol–water partition coefficient (Wildman–Crippen LogP) is 0.974. The van der Waals surface area contributed by atoms with Crippen molar-refractivity contribution < 1.29 is 14.3 Å². The van der Waals surface area contributed by atoms with Gasteiger partial charge in [0.2, 0.25) is 5.79 Å². The van der Waals surface area contributed by atoms with E-state index in [1.165, 1.54) is 21.1 Å². The average Bonchev–Trinajstić information content (AvgIpc) is 1.92. The maximum atomic E-state index is 10.9. The second kappa shape index (κ2) is 3.68. The molecule has 0 aromatic rings. The Morgan fingerprint density at radius 3 is 1.80 bits per heavy atom. The third-order valence-corrected chi connectivity index (χ3v) is 1.66. The SMILES string of the molecule is CCC(OC)(OC)C(C)=O. The van der Waals surface area contributed by atoms with Crippen LogP contribution in [0.1, 0.15) is 20.3 Å². The van der Waals surface area contributed by atoms with E-state index in [0.29, 0.717) is 6.42 Å². The molecule has 60 valence electrons. The van der Waals surface area contributed by atoms with Crippen LogP contribution in [0.25, 0.3) is 0 Å². The van der Waals surface area contributed by atoms with Gasteiger partial charge in [0.15, 0.2) is 5.78 Å². The number of ether oxygens (including phenoxy) is 2. The number of carbonyl (C=O) groups excluding carboxylic acids is 1. The van der Waals surface area contributed by atoms with Crippen molar-refractivity contribution in [3.8, 4) is 0 Å². The molecule has 0 N–H and O–H groups in total. The zero-order valence-electron chi connectivity index (χ0n) is 6.93. The van der Waals surface area contributed by atoms with Gasteiger partial charge in [-0.15, -0.1) is 0 Å². The van der Waals surface area contributed by atoms with Gasteiger partial charge in [-0.3, -0.25) is 4.79 Å². The molecule has 0 amide bonds. The Kier molecular flexibility index (Phi) is 3.53. The fourth-order valence-electron chi connectivity index (χ4n) is 0.908. The van der Waals surface area contributed by atoms with Gasteiger partial charge in [0, 0.05) is 27.6 Å². The maximum absolute atomic E-state index is 10.9. The van der Waals surface area contributed by atoms with Crippen LogP contribution >= 0.6 is 0 Å². The van der Waals surface area contributed by atoms with Crippen molar-refractivity contribution in [1.29, 1.82) is 0 Å². The number of rotatable bonds is 4. The number of methoxy groups -OCH3 is 2. The molecule has 0 heterocycles. The molecule has 0 aromatic heterocycles. The van der Waals surface area contributed by atoms with E-state index in [0.717, 1.165) is 0 Å². The highest BCUT2D eigenvalue weighted by Gasteiger charge is 2.32. The van der Waals surface area contributed by atoms with Gasteiger partial charge in [0.25, 0.3) is 0 Å². The van der Waals surface area contributed by atoms with Gasteiger partial charge in [0.1, 0.15) is 0 Å². The van der Waals surface area contributed by atoms with Gasteiger partial charge in [-0.2, -0.15) is 0 Å². The Balaban J connectivity index is 4.31. The Hall–Kier alpha value is -0.410. The summed E-state index contributed by atoms with van der Waals surface area (Å²) in [6.45, 7) is 3.30. The number of carbonyl (C=O) groups is 1. The molecule has 0 fully saturated rings. The summed E-state index contributed by atoms with van der Waals surface area (Å²) in [7, 11) is 2.93. The van der Waals surface area contributed by atoms with E-state index >= 15 is 0 Å². The van der Waals surface area contributed by atoms with Gasteiger partial charge < -0.3 is 9.47 Å². The number of Topliss-reactive ketones (excluding diaryl/α,β-unsaturated/α-hetero) is 1. The zero-order valence-corrected chi connectivity index (χ0v) is 6.93. The third kappa shape index (κ3) is 1.55. The molecule has 0 aliphatic carbocycles. The Morgan fingerprint density at radius 2 is 1.80 bits per heavy atom. The summed E-state index contributed by atoms with van der Waals surface area (Å²) in [5.41, 5.74) is 0. The van der Waals surface area contributed by atoms with Crippen LogP contribution in [-0.4, -0.2) is 25.8 Å². The zero-order chi connectivity index (χ0) is 8.20. The number of ketones is 1. The van der Waals surface area contributed by atoms with Gasteiger partial charge in [-0.25, -0.2) is 0 Å². The van der Waals surface area contributed by atoms with Crippen molar-refractivity contribution in [2.24, 2.45) is 0 Å². The molecule has 0 bridgehead atoms. The van der Waals surface area contributed by atoms with Crippen LogP contribution < -0.4 is 0 Å². The third-order valence-electron chi connectivity index (χ3n) is 1.66. The van der Waals surface area contributed by atoms with Crippen LogP contribution in [0.15, 0.2) is 0 Å². The fraction of sp³-hybridized carbons (Fsp3) is 0.857. The minimum atomic E-state index is -1.01. The highest BCUT2D eigenvalue weighted by atomic mass is 16.7. The molecule has 10 heavy (non-hydrogen) atoms. The van der Waals surface area contributed by atoms with E-state index in [4.69, 9.17) is 9.47 Å². The van der Waals surface area contributed by atoms with Gasteiger partial charge in [-0.05, 0) is 0 Å². The van der Waals surface area contributed by atoms with Crippen molar-refractivity contribution in [3.63, 3.8) is 0 Å². The Morgan fingerprint density at radius 1 is 1.40 bits per heavy atom. The quantitative estimate of drug-likeness (QED) is 0.554. The fourth-order valence-corrected chi connectivity index (χ4v) is 0.908. The summed E-state index contributed by atoms with van der Waals surface area (Å²) in [6.07, 6.45) is 0.537. The van der Waals surface area contributed by atoms with Gasteiger partial charge in [0.05, 0.1) is 0 Å². The van der Waals surface area contributed by atoms with Crippen molar-refractivity contribution in [3.05, 3.63) is 0 Å². The first-order chi connectivity index (χ1) is 4.63. The molecular formula is C7H14O3. The lowest BCUT2D eigenvalue weighted by Crippen LogP contribution is -2.40. The monoisotopic (exact) mass is 146 g/mol. The summed E-state index contributed by atoms with van der Waals surface area (Å²) in [6, 6.07) is 0. The molecule has 0 rings (SSSR count). The molecule has 0 atom stereocenters. The van der Waals surface area contributed by atoms with Crippen LogP contribution in [0, 0.1) is 0 Å². The second-order valence-electron chi connectivity index (χ2n) is 2.07. The van der Waals surface area contributed by atoms with E-state index in [1.807, 2.05) is 6.92 Å². The summed E-state index contributed by atoms with van der Waals surface area (Å²) in [4.78, 5) is 10.9. The summed E-state index contributed by atoms with van der Waals surface area (Å²) >= 11 is 0. The maximum Gasteiger partial charge on any atom is 0.227 e. The summed E-state index contributed by atoms with van der Waals surface area (Å²) < 4.78 is 9.85. The molecule has 3 nitrogen and oxygen atoms in total. The molecule has 0 spiro atoms. The Labute approximate surface area is 61.3 Å². The minimum absolute atomic E-state index is 0.0972. The summed E-state index contributed by atoms with van der Waals surface area (Å²) in [5, 5.41) is 0. The van der Waals surface area contributed by atoms with Crippen LogP contribution in [0.3, 0.4) is 0 Å². The molecule has 0 unspecified atom stereocenters. The van der Waals surface area contributed by atoms with Gasteiger partial charge >= 0.3 is 0 Å². The average molecular weight is 146 g/mol. The number of hydrogen-bond acceptors (Lipinski definition) is 3. The molecule has 0 saturated carbocycles. The van der Waals surface area contributed by atoms with Crippen molar-refractivity contribution >= 4 is 5.78 Å². The van der Waals surface area contributed by atoms with Gasteiger partial charge in [-0.1, -0.05) is 6.92 Å². The molecule has 0 aromatic carbocycles. The molecule has 0 radical (unpaired) electrons. The lowest BCUT2D eigenvalue weighted by atomic mass is 10.1. The standard InChI is InChI=1S/C7H14O3/c1-5-7(9-3,10-4)6(2)8/h5H2,1-4H3. The molecule has 0 saturated heterocycles. The smallest absolute Gasteiger partial charge is 0.227 e. The number of hydrogen-bond donors (Lipinski definition) is 0. The van der Waals surface area contributed by atoms with Crippen LogP contribution in [0.5, 0.6) is 0 Å². The normalized spacial score (nSPS) is 11.6. The van der Waals surface area contributed by atoms with E-state index < -0.39 is 5.79 Å². The minimum Gasteiger partial charge on any atom is -0.347 e. The van der Waals surface area contributed by atoms with E-state index in [9.17, 15) is 4.79 Å². The lowest BCUT2D eigenvalue weighted by Gasteiger charge is -2.25. The van der Waals surface area contributed by atoms with Crippen LogP contribution in [-0.2, 0) is 14.3 Å². The highest BCUT2D eigenvalue weighted by Crippen LogP contribution is 2.16. The molecule has 0 aliphatic heterocycles. The molecule has 3 heteroatoms. The predicted molar refractivity (Wildman–Crippen MR) is 37.7 cm³/mol.